The van der Waals surface area contributed by atoms with Crippen LogP contribution in [0.25, 0.3) is 0 Å². The van der Waals surface area contributed by atoms with Gasteiger partial charge in [0.05, 0.1) is 11.5 Å². The molecule has 7 heteroatoms. The molecule has 0 radical (unpaired) electrons. The van der Waals surface area contributed by atoms with Crippen LogP contribution in [-0.2, 0) is 9.47 Å². The average molecular weight is 347 g/mol. The van der Waals surface area contributed by atoms with E-state index in [2.05, 4.69) is 15.9 Å². The fourth-order valence-electron chi connectivity index (χ4n) is 1.47. The highest BCUT2D eigenvalue weighted by atomic mass is 79.9. The SMILES string of the molecule is COC(CCOCCCBr)C(Cl)CC(C)[N+](=O)[O-]. The van der Waals surface area contributed by atoms with Crippen molar-refractivity contribution in [2.75, 3.05) is 25.7 Å². The fraction of sp³-hybridized carbons (Fsp3) is 1.00. The molecular formula is C11H21BrClNO4. The first-order valence-corrected chi connectivity index (χ1v) is 7.52. The van der Waals surface area contributed by atoms with E-state index in [0.717, 1.165) is 11.8 Å². The van der Waals surface area contributed by atoms with E-state index in [4.69, 9.17) is 21.1 Å². The number of nitrogens with zero attached hydrogens (tertiary/aromatic N) is 1. The van der Waals surface area contributed by atoms with Gasteiger partial charge >= 0.3 is 0 Å². The van der Waals surface area contributed by atoms with Crippen molar-refractivity contribution >= 4 is 27.5 Å². The van der Waals surface area contributed by atoms with Crippen molar-refractivity contribution in [1.82, 2.24) is 0 Å². The van der Waals surface area contributed by atoms with Gasteiger partial charge in [0.2, 0.25) is 6.04 Å². The van der Waals surface area contributed by atoms with Crippen LogP contribution in [0.15, 0.2) is 0 Å². The molecule has 0 aromatic carbocycles. The van der Waals surface area contributed by atoms with Crippen LogP contribution in [0.1, 0.15) is 26.2 Å². The Morgan fingerprint density at radius 1 is 1.44 bits per heavy atom. The zero-order valence-corrected chi connectivity index (χ0v) is 13.2. The highest BCUT2D eigenvalue weighted by Crippen LogP contribution is 2.17. The van der Waals surface area contributed by atoms with E-state index in [0.29, 0.717) is 26.1 Å². The van der Waals surface area contributed by atoms with Crippen molar-refractivity contribution in [3.05, 3.63) is 10.1 Å². The number of rotatable bonds is 11. The summed E-state index contributed by atoms with van der Waals surface area (Å²) in [6, 6.07) is -0.653. The van der Waals surface area contributed by atoms with Crippen molar-refractivity contribution in [3.63, 3.8) is 0 Å². The summed E-state index contributed by atoms with van der Waals surface area (Å²) in [7, 11) is 1.56. The summed E-state index contributed by atoms with van der Waals surface area (Å²) < 4.78 is 10.7. The second-order valence-corrected chi connectivity index (χ2v) is 5.46. The highest BCUT2D eigenvalue weighted by molar-refractivity contribution is 9.09. The number of methoxy groups -OCH3 is 1. The minimum atomic E-state index is -0.653. The van der Waals surface area contributed by atoms with Crippen LogP contribution in [0.4, 0.5) is 0 Å². The molecule has 108 valence electrons. The summed E-state index contributed by atoms with van der Waals surface area (Å²) in [4.78, 5) is 10.2. The smallest absolute Gasteiger partial charge is 0.211 e. The van der Waals surface area contributed by atoms with Gasteiger partial charge in [0, 0.05) is 43.9 Å². The first-order chi connectivity index (χ1) is 8.52. The quantitative estimate of drug-likeness (QED) is 0.250. The molecule has 0 bridgehead atoms. The van der Waals surface area contributed by atoms with Crippen LogP contribution in [0.3, 0.4) is 0 Å². The summed E-state index contributed by atoms with van der Waals surface area (Å²) in [5, 5.41) is 11.1. The fourth-order valence-corrected chi connectivity index (χ4v) is 2.18. The summed E-state index contributed by atoms with van der Waals surface area (Å²) in [6.45, 7) is 2.80. The zero-order chi connectivity index (χ0) is 14.0. The lowest BCUT2D eigenvalue weighted by molar-refractivity contribution is -0.519. The molecule has 0 aliphatic rings. The van der Waals surface area contributed by atoms with Gasteiger partial charge in [-0.05, 0) is 12.8 Å². The molecule has 0 amide bonds. The van der Waals surface area contributed by atoms with Crippen LogP contribution in [-0.4, -0.2) is 48.1 Å². The molecular weight excluding hydrogens is 325 g/mol. The molecule has 0 spiro atoms. The summed E-state index contributed by atoms with van der Waals surface area (Å²) in [5.74, 6) is 0. The maximum Gasteiger partial charge on any atom is 0.211 e. The van der Waals surface area contributed by atoms with Crippen molar-refractivity contribution in [3.8, 4) is 0 Å². The van der Waals surface area contributed by atoms with Gasteiger partial charge in [-0.15, -0.1) is 11.6 Å². The Morgan fingerprint density at radius 2 is 2.11 bits per heavy atom. The van der Waals surface area contributed by atoms with Gasteiger partial charge in [0.15, 0.2) is 0 Å². The topological polar surface area (TPSA) is 61.6 Å². The maximum atomic E-state index is 10.6. The zero-order valence-electron chi connectivity index (χ0n) is 10.8. The molecule has 0 saturated heterocycles. The summed E-state index contributed by atoms with van der Waals surface area (Å²) in [6.07, 6.45) is 1.70. The molecule has 3 atom stereocenters. The van der Waals surface area contributed by atoms with Gasteiger partial charge < -0.3 is 9.47 Å². The number of halogens is 2. The lowest BCUT2D eigenvalue weighted by Gasteiger charge is -2.21. The number of alkyl halides is 2. The van der Waals surface area contributed by atoms with Gasteiger partial charge in [0.1, 0.15) is 0 Å². The molecule has 0 fully saturated rings. The second-order valence-electron chi connectivity index (χ2n) is 4.10. The first-order valence-electron chi connectivity index (χ1n) is 5.97. The van der Waals surface area contributed by atoms with E-state index in [1.54, 1.807) is 14.0 Å². The lowest BCUT2D eigenvalue weighted by Crippen LogP contribution is -2.30. The third-order valence-electron chi connectivity index (χ3n) is 2.60. The molecule has 5 nitrogen and oxygen atoms in total. The molecule has 0 aliphatic heterocycles. The molecule has 0 heterocycles. The Hall–Kier alpha value is 0.0900. The lowest BCUT2D eigenvalue weighted by atomic mass is 10.1. The molecule has 3 unspecified atom stereocenters. The average Bonchev–Trinajstić information content (AvgIpc) is 2.33. The van der Waals surface area contributed by atoms with Crippen LogP contribution in [0, 0.1) is 10.1 Å². The van der Waals surface area contributed by atoms with Crippen molar-refractivity contribution in [2.24, 2.45) is 0 Å². The Morgan fingerprint density at radius 3 is 2.61 bits per heavy atom. The van der Waals surface area contributed by atoms with Crippen LogP contribution < -0.4 is 0 Å². The Labute approximate surface area is 121 Å². The van der Waals surface area contributed by atoms with E-state index >= 15 is 0 Å². The molecule has 0 rings (SSSR count). The molecule has 0 aromatic rings. The molecule has 0 saturated carbocycles. The van der Waals surface area contributed by atoms with Gasteiger partial charge in [-0.3, -0.25) is 10.1 Å². The monoisotopic (exact) mass is 345 g/mol. The van der Waals surface area contributed by atoms with Crippen molar-refractivity contribution in [1.29, 1.82) is 0 Å². The maximum absolute atomic E-state index is 10.6. The predicted molar refractivity (Wildman–Crippen MR) is 75.4 cm³/mol. The Bertz CT molecular complexity index is 233. The molecule has 18 heavy (non-hydrogen) atoms. The van der Waals surface area contributed by atoms with Crippen molar-refractivity contribution < 1.29 is 14.4 Å². The minimum absolute atomic E-state index is 0.210. The number of nitro groups is 1. The van der Waals surface area contributed by atoms with Gasteiger partial charge in [-0.25, -0.2) is 0 Å². The summed E-state index contributed by atoms with van der Waals surface area (Å²) in [5.41, 5.74) is 0. The number of hydrogen-bond donors (Lipinski definition) is 0. The Kier molecular flexibility index (Phi) is 11.0. The number of ether oxygens (including phenoxy) is 2. The summed E-state index contributed by atoms with van der Waals surface area (Å²) >= 11 is 9.45. The third kappa shape index (κ3) is 8.24. The normalized spacial score (nSPS) is 16.2. The van der Waals surface area contributed by atoms with E-state index < -0.39 is 6.04 Å². The van der Waals surface area contributed by atoms with Crippen LogP contribution >= 0.6 is 27.5 Å². The Balaban J connectivity index is 3.88. The van der Waals surface area contributed by atoms with E-state index in [1.165, 1.54) is 0 Å². The van der Waals surface area contributed by atoms with E-state index in [1.807, 2.05) is 0 Å². The predicted octanol–water partition coefficient (Wildman–Crippen LogP) is 2.86. The first kappa shape index (κ1) is 18.1. The van der Waals surface area contributed by atoms with Crippen LogP contribution in [0.5, 0.6) is 0 Å². The van der Waals surface area contributed by atoms with Gasteiger partial charge in [-0.2, -0.15) is 0 Å². The third-order valence-corrected chi connectivity index (χ3v) is 3.62. The van der Waals surface area contributed by atoms with E-state index in [9.17, 15) is 10.1 Å². The van der Waals surface area contributed by atoms with E-state index in [-0.39, 0.29) is 16.4 Å². The highest BCUT2D eigenvalue weighted by Gasteiger charge is 2.25. The largest absolute Gasteiger partial charge is 0.381 e. The van der Waals surface area contributed by atoms with Gasteiger partial charge in [0.25, 0.3) is 0 Å². The molecule has 0 aliphatic carbocycles. The number of hydrogen-bond acceptors (Lipinski definition) is 4. The molecule has 0 N–H and O–H groups in total. The molecule has 0 aromatic heterocycles. The minimum Gasteiger partial charge on any atom is -0.381 e. The second kappa shape index (κ2) is 11.0. The van der Waals surface area contributed by atoms with Crippen molar-refractivity contribution in [2.45, 2.75) is 43.7 Å². The van der Waals surface area contributed by atoms with Crippen LogP contribution in [0.2, 0.25) is 0 Å². The standard InChI is InChI=1S/C11H21BrClNO4/c1-9(14(15)16)8-10(13)11(17-2)4-7-18-6-3-5-12/h9-11H,3-8H2,1-2H3. The van der Waals surface area contributed by atoms with Gasteiger partial charge in [-0.1, -0.05) is 15.9 Å².